The Morgan fingerprint density at radius 3 is 2.42 bits per heavy atom. The SMILES string of the molecule is CC(C)c1c(C(=O)N(C)C2CC2)nn(-c2ccc(F)cc2)c1/C=C/[C@H](O)C[C@@H](O)CC(=O)O. The summed E-state index contributed by atoms with van der Waals surface area (Å²) in [7, 11) is 1.75. The molecule has 1 amide bonds. The second kappa shape index (κ2) is 10.3. The molecule has 1 aromatic carbocycles. The zero-order valence-electron chi connectivity index (χ0n) is 19.0. The first-order chi connectivity index (χ1) is 15.6. The summed E-state index contributed by atoms with van der Waals surface area (Å²) in [6.45, 7) is 3.87. The summed E-state index contributed by atoms with van der Waals surface area (Å²) in [5.74, 6) is -1.84. The predicted octanol–water partition coefficient (Wildman–Crippen LogP) is 2.97. The number of amides is 1. The van der Waals surface area contributed by atoms with Gasteiger partial charge in [-0.15, -0.1) is 0 Å². The smallest absolute Gasteiger partial charge is 0.305 e. The van der Waals surface area contributed by atoms with Crippen LogP contribution in [0.2, 0.25) is 0 Å². The fraction of sp³-hybridized carbons (Fsp3) is 0.458. The summed E-state index contributed by atoms with van der Waals surface area (Å²) < 4.78 is 15.0. The van der Waals surface area contributed by atoms with Crippen LogP contribution in [0.1, 0.15) is 67.2 Å². The van der Waals surface area contributed by atoms with Gasteiger partial charge in [0.2, 0.25) is 0 Å². The Hall–Kier alpha value is -3.04. The van der Waals surface area contributed by atoms with Gasteiger partial charge in [-0.25, -0.2) is 9.07 Å². The van der Waals surface area contributed by atoms with E-state index in [1.807, 2.05) is 13.8 Å². The molecule has 0 bridgehead atoms. The number of hydrogen-bond acceptors (Lipinski definition) is 5. The van der Waals surface area contributed by atoms with E-state index in [1.54, 1.807) is 34.8 Å². The highest BCUT2D eigenvalue weighted by Crippen LogP contribution is 2.32. The highest BCUT2D eigenvalue weighted by atomic mass is 19.1. The molecule has 0 aliphatic heterocycles. The van der Waals surface area contributed by atoms with Crippen molar-refractivity contribution in [2.24, 2.45) is 0 Å². The number of carboxylic acids is 1. The standard InChI is InChI=1S/C24H30FN3O5/c1-14(2)22-20(11-10-18(29)12-19(30)13-21(31)32)28(17-6-4-15(25)5-7-17)26-23(22)24(33)27(3)16-8-9-16/h4-7,10-11,14,16,18-19,29-30H,8-9,12-13H2,1-3H3,(H,31,32)/b11-10+/t18-,19+/m0/s1. The van der Waals surface area contributed by atoms with Crippen molar-refractivity contribution in [2.45, 2.75) is 63.7 Å². The third-order valence-corrected chi connectivity index (χ3v) is 5.63. The van der Waals surface area contributed by atoms with Crippen LogP contribution in [0.25, 0.3) is 11.8 Å². The number of aromatic nitrogens is 2. The summed E-state index contributed by atoms with van der Waals surface area (Å²) in [6.07, 6.45) is 2.03. The number of aliphatic hydroxyl groups is 2. The van der Waals surface area contributed by atoms with Gasteiger partial charge in [-0.05, 0) is 49.1 Å². The van der Waals surface area contributed by atoms with Crippen molar-refractivity contribution in [2.75, 3.05) is 7.05 Å². The van der Waals surface area contributed by atoms with Gasteiger partial charge in [0.25, 0.3) is 5.91 Å². The van der Waals surface area contributed by atoms with Gasteiger partial charge in [-0.2, -0.15) is 5.10 Å². The molecule has 178 valence electrons. The zero-order valence-corrected chi connectivity index (χ0v) is 19.0. The van der Waals surface area contributed by atoms with E-state index < -0.39 is 30.4 Å². The van der Waals surface area contributed by atoms with E-state index in [9.17, 15) is 24.2 Å². The van der Waals surface area contributed by atoms with Crippen LogP contribution in [0, 0.1) is 5.82 Å². The quantitative estimate of drug-likeness (QED) is 0.503. The van der Waals surface area contributed by atoms with E-state index in [0.717, 1.165) is 12.8 Å². The summed E-state index contributed by atoms with van der Waals surface area (Å²) >= 11 is 0. The van der Waals surface area contributed by atoms with Gasteiger partial charge >= 0.3 is 5.97 Å². The molecule has 2 atom stereocenters. The normalized spacial score (nSPS) is 15.7. The van der Waals surface area contributed by atoms with E-state index in [1.165, 1.54) is 18.2 Å². The monoisotopic (exact) mass is 459 g/mol. The molecule has 9 heteroatoms. The van der Waals surface area contributed by atoms with Gasteiger partial charge in [-0.1, -0.05) is 19.9 Å². The molecular formula is C24H30FN3O5. The Balaban J connectivity index is 2.02. The minimum absolute atomic E-state index is 0.0832. The van der Waals surface area contributed by atoms with Crippen LogP contribution in [-0.2, 0) is 4.79 Å². The van der Waals surface area contributed by atoms with E-state index >= 15 is 0 Å². The predicted molar refractivity (Wildman–Crippen MR) is 121 cm³/mol. The Labute approximate surface area is 192 Å². The van der Waals surface area contributed by atoms with Crippen LogP contribution in [0.3, 0.4) is 0 Å². The molecule has 1 fully saturated rings. The van der Waals surface area contributed by atoms with Gasteiger partial charge in [0, 0.05) is 25.1 Å². The topological polar surface area (TPSA) is 116 Å². The second-order valence-electron chi connectivity index (χ2n) is 8.75. The van der Waals surface area contributed by atoms with Crippen molar-refractivity contribution in [3.8, 4) is 5.69 Å². The first kappa shape index (κ1) is 24.6. The number of carboxylic acid groups (broad SMARTS) is 1. The molecular weight excluding hydrogens is 429 g/mol. The Morgan fingerprint density at radius 2 is 1.88 bits per heavy atom. The average molecular weight is 460 g/mol. The molecule has 3 rings (SSSR count). The maximum absolute atomic E-state index is 13.5. The van der Waals surface area contributed by atoms with E-state index in [2.05, 4.69) is 5.10 Å². The lowest BCUT2D eigenvalue weighted by molar-refractivity contribution is -0.139. The van der Waals surface area contributed by atoms with Gasteiger partial charge in [0.1, 0.15) is 5.82 Å². The van der Waals surface area contributed by atoms with Crippen molar-refractivity contribution in [1.82, 2.24) is 14.7 Å². The average Bonchev–Trinajstić information content (AvgIpc) is 3.51. The molecule has 1 saturated carbocycles. The lowest BCUT2D eigenvalue weighted by Gasteiger charge is -2.16. The van der Waals surface area contributed by atoms with Crippen LogP contribution in [0.15, 0.2) is 30.3 Å². The number of aliphatic hydroxyl groups excluding tert-OH is 2. The molecule has 0 saturated heterocycles. The molecule has 0 spiro atoms. The van der Waals surface area contributed by atoms with Gasteiger partial charge in [0.15, 0.2) is 5.69 Å². The molecule has 0 unspecified atom stereocenters. The van der Waals surface area contributed by atoms with Crippen molar-refractivity contribution in [3.05, 3.63) is 53.1 Å². The molecule has 1 aliphatic rings. The molecule has 3 N–H and O–H groups in total. The first-order valence-electron chi connectivity index (χ1n) is 11.0. The van der Waals surface area contributed by atoms with Crippen LogP contribution < -0.4 is 0 Å². The minimum atomic E-state index is -1.20. The van der Waals surface area contributed by atoms with Crippen LogP contribution in [-0.4, -0.2) is 67.2 Å². The number of nitrogens with zero attached hydrogens (tertiary/aromatic N) is 3. The zero-order chi connectivity index (χ0) is 24.3. The molecule has 1 aliphatic carbocycles. The number of rotatable bonds is 10. The summed E-state index contributed by atoms with van der Waals surface area (Å²) in [5.41, 5.74) is 2.08. The van der Waals surface area contributed by atoms with Crippen LogP contribution >= 0.6 is 0 Å². The molecule has 8 nitrogen and oxygen atoms in total. The highest BCUT2D eigenvalue weighted by Gasteiger charge is 2.34. The Bertz CT molecular complexity index is 1030. The molecule has 1 aromatic heterocycles. The van der Waals surface area contributed by atoms with Gasteiger partial charge < -0.3 is 20.2 Å². The molecule has 33 heavy (non-hydrogen) atoms. The lowest BCUT2D eigenvalue weighted by atomic mass is 9.98. The van der Waals surface area contributed by atoms with Crippen LogP contribution in [0.5, 0.6) is 0 Å². The molecule has 1 heterocycles. The van der Waals surface area contributed by atoms with Crippen molar-refractivity contribution in [3.63, 3.8) is 0 Å². The number of carbonyl (C=O) groups excluding carboxylic acids is 1. The number of hydrogen-bond donors (Lipinski definition) is 3. The van der Waals surface area contributed by atoms with Gasteiger partial charge in [-0.3, -0.25) is 9.59 Å². The minimum Gasteiger partial charge on any atom is -0.481 e. The van der Waals surface area contributed by atoms with Crippen LogP contribution in [0.4, 0.5) is 4.39 Å². The van der Waals surface area contributed by atoms with E-state index in [0.29, 0.717) is 22.6 Å². The third-order valence-electron chi connectivity index (χ3n) is 5.63. The second-order valence-corrected chi connectivity index (χ2v) is 8.75. The Kier molecular flexibility index (Phi) is 7.65. The number of carbonyl (C=O) groups is 2. The number of halogens is 1. The fourth-order valence-electron chi connectivity index (χ4n) is 3.75. The third kappa shape index (κ3) is 6.06. The summed E-state index contributed by atoms with van der Waals surface area (Å²) in [5, 5.41) is 33.5. The van der Waals surface area contributed by atoms with E-state index in [4.69, 9.17) is 5.11 Å². The lowest BCUT2D eigenvalue weighted by Crippen LogP contribution is -2.30. The van der Waals surface area contributed by atoms with Crippen molar-refractivity contribution >= 4 is 18.0 Å². The summed E-state index contributed by atoms with van der Waals surface area (Å²) in [4.78, 5) is 25.7. The number of aliphatic carboxylic acids is 1. The van der Waals surface area contributed by atoms with Gasteiger partial charge in [0.05, 0.1) is 30.0 Å². The van der Waals surface area contributed by atoms with Crippen molar-refractivity contribution < 1.29 is 29.3 Å². The van der Waals surface area contributed by atoms with E-state index in [-0.39, 0.29) is 24.3 Å². The largest absolute Gasteiger partial charge is 0.481 e. The number of benzene rings is 1. The summed E-state index contributed by atoms with van der Waals surface area (Å²) in [6, 6.07) is 5.90. The van der Waals surface area contributed by atoms with Crippen molar-refractivity contribution in [1.29, 1.82) is 0 Å². The molecule has 2 aromatic rings. The molecule has 0 radical (unpaired) electrons. The highest BCUT2D eigenvalue weighted by molar-refractivity contribution is 5.95. The first-order valence-corrected chi connectivity index (χ1v) is 11.0. The maximum Gasteiger partial charge on any atom is 0.305 e. The maximum atomic E-state index is 13.5. The fourth-order valence-corrected chi connectivity index (χ4v) is 3.75. The Morgan fingerprint density at radius 1 is 1.24 bits per heavy atom.